The number of fused-ring (bicyclic) bond motifs is 5. The Morgan fingerprint density at radius 1 is 1.17 bits per heavy atom. The van der Waals surface area contributed by atoms with E-state index in [-0.39, 0.29) is 0 Å². The van der Waals surface area contributed by atoms with Gasteiger partial charge in [0.05, 0.1) is 18.8 Å². The summed E-state index contributed by atoms with van der Waals surface area (Å²) >= 11 is 3.61. The summed E-state index contributed by atoms with van der Waals surface area (Å²) in [5, 5.41) is 8.42. The number of hydrogen-bond donors (Lipinski definition) is 0. The van der Waals surface area contributed by atoms with Crippen molar-refractivity contribution in [1.29, 1.82) is 0 Å². The van der Waals surface area contributed by atoms with Crippen LogP contribution >= 0.6 is 15.9 Å². The SMILES string of the molecule is Brc1ccc2c(c1)C1(c3ccncc3)OCCN1Cc1nncn1-2. The first-order chi connectivity index (χ1) is 11.8. The van der Waals surface area contributed by atoms with Gasteiger partial charge in [-0.15, -0.1) is 10.2 Å². The number of rotatable bonds is 1. The van der Waals surface area contributed by atoms with Gasteiger partial charge in [0.1, 0.15) is 6.33 Å². The quantitative estimate of drug-likeness (QED) is 0.645. The van der Waals surface area contributed by atoms with Crippen LogP contribution in [0.15, 0.2) is 53.5 Å². The second-order valence-corrected chi connectivity index (χ2v) is 6.84. The molecule has 2 aliphatic heterocycles. The molecule has 4 heterocycles. The van der Waals surface area contributed by atoms with Crippen LogP contribution in [0.1, 0.15) is 17.0 Å². The molecule has 1 saturated heterocycles. The Bertz CT molecular complexity index is 912. The lowest BCUT2D eigenvalue weighted by atomic mass is 9.92. The standard InChI is InChI=1S/C17H14BrN5O/c18-13-1-2-15-14(9-13)17(12-3-5-19-6-4-12)22(7-8-24-17)10-16-21-20-11-23(15)16/h1-6,9,11H,7-8,10H2. The maximum atomic E-state index is 6.41. The van der Waals surface area contributed by atoms with E-state index in [0.29, 0.717) is 13.2 Å². The van der Waals surface area contributed by atoms with Crippen molar-refractivity contribution in [1.82, 2.24) is 24.6 Å². The molecular formula is C17H14BrN5O. The Hall–Kier alpha value is -2.09. The van der Waals surface area contributed by atoms with Gasteiger partial charge < -0.3 is 4.74 Å². The molecule has 0 bridgehead atoms. The van der Waals surface area contributed by atoms with Gasteiger partial charge in [-0.1, -0.05) is 15.9 Å². The fourth-order valence-electron chi connectivity index (χ4n) is 3.72. The van der Waals surface area contributed by atoms with Gasteiger partial charge in [0.2, 0.25) is 0 Å². The molecule has 2 aliphatic rings. The van der Waals surface area contributed by atoms with E-state index < -0.39 is 5.72 Å². The zero-order chi connectivity index (χ0) is 16.1. The summed E-state index contributed by atoms with van der Waals surface area (Å²) in [6, 6.07) is 10.3. The van der Waals surface area contributed by atoms with Crippen molar-refractivity contribution in [2.24, 2.45) is 0 Å². The summed E-state index contributed by atoms with van der Waals surface area (Å²) in [6.07, 6.45) is 5.39. The molecule has 120 valence electrons. The lowest BCUT2D eigenvalue weighted by molar-refractivity contribution is -0.0553. The van der Waals surface area contributed by atoms with Crippen molar-refractivity contribution in [2.45, 2.75) is 12.3 Å². The summed E-state index contributed by atoms with van der Waals surface area (Å²) in [5.74, 6) is 0.917. The third kappa shape index (κ3) is 1.86. The molecule has 6 nitrogen and oxygen atoms in total. The molecule has 24 heavy (non-hydrogen) atoms. The van der Waals surface area contributed by atoms with E-state index in [2.05, 4.69) is 48.1 Å². The van der Waals surface area contributed by atoms with Crippen molar-refractivity contribution in [2.75, 3.05) is 13.2 Å². The molecule has 0 spiro atoms. The maximum absolute atomic E-state index is 6.41. The number of aromatic nitrogens is 4. The molecule has 3 aromatic rings. The fraction of sp³-hybridized carbons (Fsp3) is 0.235. The Morgan fingerprint density at radius 2 is 2.04 bits per heavy atom. The molecule has 0 amide bonds. The van der Waals surface area contributed by atoms with E-state index in [1.807, 2.05) is 35.2 Å². The number of pyridine rings is 1. The van der Waals surface area contributed by atoms with Gasteiger partial charge in [-0.05, 0) is 30.3 Å². The van der Waals surface area contributed by atoms with E-state index in [0.717, 1.165) is 33.7 Å². The van der Waals surface area contributed by atoms with Crippen LogP contribution in [0, 0.1) is 0 Å². The predicted octanol–water partition coefficient (Wildman–Crippen LogP) is 2.47. The van der Waals surface area contributed by atoms with Crippen LogP contribution in [0.2, 0.25) is 0 Å². The van der Waals surface area contributed by atoms with Crippen molar-refractivity contribution in [3.05, 3.63) is 70.5 Å². The minimum atomic E-state index is -0.636. The molecule has 0 radical (unpaired) electrons. The Morgan fingerprint density at radius 3 is 2.92 bits per heavy atom. The first kappa shape index (κ1) is 14.3. The van der Waals surface area contributed by atoms with Crippen LogP contribution in [0.4, 0.5) is 0 Å². The molecule has 1 unspecified atom stereocenters. The molecular weight excluding hydrogens is 370 g/mol. The maximum Gasteiger partial charge on any atom is 0.176 e. The highest BCUT2D eigenvalue weighted by Crippen LogP contribution is 2.46. The highest BCUT2D eigenvalue weighted by Gasteiger charge is 2.49. The van der Waals surface area contributed by atoms with Crippen molar-refractivity contribution in [3.63, 3.8) is 0 Å². The largest absolute Gasteiger partial charge is 0.350 e. The summed E-state index contributed by atoms with van der Waals surface area (Å²) in [5.41, 5.74) is 2.56. The second kappa shape index (κ2) is 5.20. The molecule has 0 saturated carbocycles. The molecule has 1 aromatic carbocycles. The van der Waals surface area contributed by atoms with Gasteiger partial charge >= 0.3 is 0 Å². The third-order valence-corrected chi connectivity index (χ3v) is 5.22. The minimum absolute atomic E-state index is 0.636. The molecule has 0 N–H and O–H groups in total. The second-order valence-electron chi connectivity index (χ2n) is 5.93. The fourth-order valence-corrected chi connectivity index (χ4v) is 4.08. The molecule has 2 aromatic heterocycles. The van der Waals surface area contributed by atoms with Crippen LogP contribution in [0.5, 0.6) is 0 Å². The topological polar surface area (TPSA) is 56.1 Å². The number of halogens is 1. The molecule has 1 fully saturated rings. The van der Waals surface area contributed by atoms with Crippen LogP contribution in [-0.4, -0.2) is 37.8 Å². The van der Waals surface area contributed by atoms with E-state index in [1.54, 1.807) is 6.33 Å². The number of nitrogens with zero attached hydrogens (tertiary/aromatic N) is 5. The highest BCUT2D eigenvalue weighted by molar-refractivity contribution is 9.10. The smallest absolute Gasteiger partial charge is 0.176 e. The molecule has 1 atom stereocenters. The van der Waals surface area contributed by atoms with Crippen LogP contribution in [0.3, 0.4) is 0 Å². The van der Waals surface area contributed by atoms with E-state index >= 15 is 0 Å². The first-order valence-electron chi connectivity index (χ1n) is 7.78. The monoisotopic (exact) mass is 383 g/mol. The third-order valence-electron chi connectivity index (χ3n) is 4.72. The van der Waals surface area contributed by atoms with Gasteiger partial charge in [-0.25, -0.2) is 0 Å². The van der Waals surface area contributed by atoms with Crippen molar-refractivity contribution < 1.29 is 4.74 Å². The van der Waals surface area contributed by atoms with Gasteiger partial charge in [-0.2, -0.15) is 0 Å². The Labute approximate surface area is 147 Å². The molecule has 0 aliphatic carbocycles. The summed E-state index contributed by atoms with van der Waals surface area (Å²) in [4.78, 5) is 6.49. The predicted molar refractivity (Wildman–Crippen MR) is 90.4 cm³/mol. The Balaban J connectivity index is 1.86. The normalized spacial score (nSPS) is 22.5. The summed E-state index contributed by atoms with van der Waals surface area (Å²) in [7, 11) is 0. The number of hydrogen-bond acceptors (Lipinski definition) is 5. The summed E-state index contributed by atoms with van der Waals surface area (Å²) in [6.45, 7) is 2.18. The van der Waals surface area contributed by atoms with Crippen LogP contribution in [0.25, 0.3) is 5.69 Å². The lowest BCUT2D eigenvalue weighted by Gasteiger charge is -2.37. The average Bonchev–Trinajstić information content (AvgIpc) is 3.22. The highest BCUT2D eigenvalue weighted by atomic mass is 79.9. The minimum Gasteiger partial charge on any atom is -0.350 e. The molecule has 7 heteroatoms. The average molecular weight is 384 g/mol. The lowest BCUT2D eigenvalue weighted by Crippen LogP contribution is -2.42. The van der Waals surface area contributed by atoms with E-state index in [9.17, 15) is 0 Å². The summed E-state index contributed by atoms with van der Waals surface area (Å²) < 4.78 is 9.47. The van der Waals surface area contributed by atoms with Crippen molar-refractivity contribution >= 4 is 15.9 Å². The van der Waals surface area contributed by atoms with Crippen LogP contribution < -0.4 is 0 Å². The van der Waals surface area contributed by atoms with E-state index in [1.165, 1.54) is 0 Å². The van der Waals surface area contributed by atoms with Crippen molar-refractivity contribution in [3.8, 4) is 5.69 Å². The zero-order valence-corrected chi connectivity index (χ0v) is 14.3. The number of benzene rings is 1. The first-order valence-corrected chi connectivity index (χ1v) is 8.57. The van der Waals surface area contributed by atoms with Gasteiger partial charge in [0, 0.05) is 34.5 Å². The molecule has 5 rings (SSSR count). The van der Waals surface area contributed by atoms with E-state index in [4.69, 9.17) is 4.74 Å². The van der Waals surface area contributed by atoms with Gasteiger partial charge in [0.15, 0.2) is 11.5 Å². The number of ether oxygens (including phenoxy) is 1. The van der Waals surface area contributed by atoms with Crippen LogP contribution in [-0.2, 0) is 17.0 Å². The zero-order valence-electron chi connectivity index (χ0n) is 12.8. The van der Waals surface area contributed by atoms with Gasteiger partial charge in [0.25, 0.3) is 0 Å². The Kier molecular flexibility index (Phi) is 3.09. The van der Waals surface area contributed by atoms with Gasteiger partial charge in [-0.3, -0.25) is 14.5 Å².